The fraction of sp³-hybridized carbons (Fsp3) is 0.143. The molecule has 3 rings (SSSR count). The summed E-state index contributed by atoms with van der Waals surface area (Å²) in [6, 6.07) is 0. The van der Waals surface area contributed by atoms with E-state index >= 15 is 0 Å². The van der Waals surface area contributed by atoms with Crippen molar-refractivity contribution in [3.8, 4) is 17.2 Å². The molecule has 0 atom stereocenters. The molecule has 37 heavy (non-hydrogen) atoms. The van der Waals surface area contributed by atoms with E-state index < -0.39 is 109 Å². The molecule has 0 aliphatic rings. The zero-order valence-electron chi connectivity index (χ0n) is 18.2. The summed E-state index contributed by atoms with van der Waals surface area (Å²) in [7, 11) is 1.54. The Morgan fingerprint density at radius 3 is 0.622 bits per heavy atom. The highest BCUT2D eigenvalue weighted by Gasteiger charge is 2.41. The van der Waals surface area contributed by atoms with Crippen LogP contribution in [-0.2, 0) is 0 Å². The van der Waals surface area contributed by atoms with Gasteiger partial charge in [-0.05, 0) is 0 Å². The monoisotopic (exact) mass is 551 g/mol. The van der Waals surface area contributed by atoms with Gasteiger partial charge in [-0.2, -0.15) is 26.3 Å². The number of hydrogen-bond acceptors (Lipinski definition) is 4. The summed E-state index contributed by atoms with van der Waals surface area (Å²) in [5.74, 6) is -36.6. The Kier molecular flexibility index (Phi) is 7.32. The second-order valence-corrected chi connectivity index (χ2v) is 6.75. The van der Waals surface area contributed by atoms with Crippen LogP contribution in [0.1, 0.15) is 0 Å². The molecule has 0 radical (unpaired) electrons. The van der Waals surface area contributed by atoms with Gasteiger partial charge in [0, 0.05) is 0 Å². The number of benzene rings is 3. The Balaban J connectivity index is 2.67. The molecule has 0 heterocycles. The second kappa shape index (κ2) is 9.82. The van der Waals surface area contributed by atoms with E-state index in [-0.39, 0.29) is 0 Å². The Hall–Kier alpha value is -3.98. The predicted octanol–water partition coefficient (Wildman–Crippen LogP) is 6.85. The van der Waals surface area contributed by atoms with E-state index in [9.17, 15) is 52.7 Å². The van der Waals surface area contributed by atoms with E-state index in [2.05, 4.69) is 14.2 Å². The number of halogens is 12. The highest BCUT2D eigenvalue weighted by Crippen LogP contribution is 2.49. The Bertz CT molecular complexity index is 1170. The predicted molar refractivity (Wildman–Crippen MR) is 100 cm³/mol. The number of methoxy groups -OCH3 is 3. The van der Waals surface area contributed by atoms with Gasteiger partial charge in [0.2, 0.25) is 34.9 Å². The van der Waals surface area contributed by atoms with Gasteiger partial charge in [0.05, 0.1) is 21.3 Å². The van der Waals surface area contributed by atoms with Crippen molar-refractivity contribution in [2.45, 2.75) is 0 Å². The van der Waals surface area contributed by atoms with Crippen molar-refractivity contribution >= 4 is 17.1 Å². The minimum absolute atomic E-state index is 0.513. The normalized spacial score (nSPS) is 11.1. The first-order valence-electron chi connectivity index (χ1n) is 9.28. The number of ether oxygens (including phenoxy) is 3. The van der Waals surface area contributed by atoms with Crippen LogP contribution in [0.4, 0.5) is 69.7 Å². The molecule has 0 aliphatic heterocycles. The van der Waals surface area contributed by atoms with Crippen LogP contribution in [-0.4, -0.2) is 21.3 Å². The number of anilines is 3. The number of hydrogen-bond donors (Lipinski definition) is 0. The van der Waals surface area contributed by atoms with Crippen LogP contribution in [0, 0.1) is 69.8 Å². The lowest BCUT2D eigenvalue weighted by atomic mass is 10.1. The van der Waals surface area contributed by atoms with E-state index in [1.807, 2.05) is 0 Å². The van der Waals surface area contributed by atoms with Gasteiger partial charge in [0.25, 0.3) is 0 Å². The molecule has 3 aromatic carbocycles. The van der Waals surface area contributed by atoms with Gasteiger partial charge in [-0.15, -0.1) is 0 Å². The van der Waals surface area contributed by atoms with Crippen LogP contribution in [0.2, 0.25) is 0 Å². The van der Waals surface area contributed by atoms with E-state index in [1.165, 1.54) is 0 Å². The zero-order valence-corrected chi connectivity index (χ0v) is 18.2. The van der Waals surface area contributed by atoms with Crippen molar-refractivity contribution in [2.24, 2.45) is 0 Å². The van der Waals surface area contributed by atoms with E-state index in [0.717, 1.165) is 0 Å². The molecule has 200 valence electrons. The topological polar surface area (TPSA) is 30.9 Å². The summed E-state index contributed by atoms with van der Waals surface area (Å²) in [6.07, 6.45) is 0. The van der Waals surface area contributed by atoms with Crippen molar-refractivity contribution in [3.05, 3.63) is 69.8 Å². The van der Waals surface area contributed by atoms with Crippen molar-refractivity contribution in [3.63, 3.8) is 0 Å². The molecule has 3 aromatic rings. The first-order chi connectivity index (χ1) is 17.3. The number of rotatable bonds is 6. The summed E-state index contributed by atoms with van der Waals surface area (Å²) < 4.78 is 188. The summed E-state index contributed by atoms with van der Waals surface area (Å²) in [5.41, 5.74) is -7.50. The van der Waals surface area contributed by atoms with Gasteiger partial charge >= 0.3 is 0 Å². The Morgan fingerprint density at radius 2 is 0.486 bits per heavy atom. The first kappa shape index (κ1) is 27.6. The molecular formula is C21H9F12NO3. The molecule has 0 spiro atoms. The molecule has 0 unspecified atom stereocenters. The molecule has 0 bridgehead atoms. The molecule has 16 heteroatoms. The standard InChI is InChI=1S/C21H9F12NO3/c1-35-19-10(28)4(22)16(5(23)11(19)29)34(17-6(24)12(30)20(36-2)13(31)7(17)25)18-8(26)14(32)21(37-3)15(33)9(18)27/h1-3H3. The maximum Gasteiger partial charge on any atom is 0.206 e. The zero-order chi connectivity index (χ0) is 28.1. The molecule has 0 aromatic heterocycles. The maximum atomic E-state index is 14.9. The van der Waals surface area contributed by atoms with Crippen LogP contribution in [0.5, 0.6) is 17.2 Å². The second-order valence-electron chi connectivity index (χ2n) is 6.75. The largest absolute Gasteiger partial charge is 0.491 e. The summed E-state index contributed by atoms with van der Waals surface area (Å²) >= 11 is 0. The van der Waals surface area contributed by atoms with Gasteiger partial charge in [-0.1, -0.05) is 0 Å². The highest BCUT2D eigenvalue weighted by atomic mass is 19.2. The molecule has 0 saturated carbocycles. The lowest BCUT2D eigenvalue weighted by molar-refractivity contribution is 0.328. The molecule has 0 saturated heterocycles. The third-order valence-corrected chi connectivity index (χ3v) is 4.88. The number of nitrogens with zero attached hydrogens (tertiary/aromatic N) is 1. The van der Waals surface area contributed by atoms with Gasteiger partial charge < -0.3 is 14.2 Å². The Morgan fingerprint density at radius 1 is 0.324 bits per heavy atom. The summed E-state index contributed by atoms with van der Waals surface area (Å²) in [6.45, 7) is 0. The smallest absolute Gasteiger partial charge is 0.206 e. The maximum absolute atomic E-state index is 14.9. The van der Waals surface area contributed by atoms with Crippen LogP contribution in [0.15, 0.2) is 0 Å². The van der Waals surface area contributed by atoms with Crippen LogP contribution in [0.3, 0.4) is 0 Å². The van der Waals surface area contributed by atoms with E-state index in [4.69, 9.17) is 0 Å². The van der Waals surface area contributed by atoms with Gasteiger partial charge in [0.15, 0.2) is 52.2 Å². The van der Waals surface area contributed by atoms with Crippen LogP contribution in [0.25, 0.3) is 0 Å². The Labute approximate surface area is 198 Å². The summed E-state index contributed by atoms with van der Waals surface area (Å²) in [5, 5.41) is 0. The van der Waals surface area contributed by atoms with Crippen molar-refractivity contribution in [1.82, 2.24) is 0 Å². The van der Waals surface area contributed by atoms with Crippen LogP contribution < -0.4 is 19.1 Å². The lowest BCUT2D eigenvalue weighted by Crippen LogP contribution is -2.23. The van der Waals surface area contributed by atoms with E-state index in [1.54, 1.807) is 0 Å². The molecular weight excluding hydrogens is 542 g/mol. The molecule has 0 amide bonds. The van der Waals surface area contributed by atoms with Crippen molar-refractivity contribution in [1.29, 1.82) is 0 Å². The fourth-order valence-corrected chi connectivity index (χ4v) is 3.26. The third-order valence-electron chi connectivity index (χ3n) is 4.88. The van der Waals surface area contributed by atoms with Crippen LogP contribution >= 0.6 is 0 Å². The minimum Gasteiger partial charge on any atom is -0.491 e. The van der Waals surface area contributed by atoms with Crippen molar-refractivity contribution in [2.75, 3.05) is 26.2 Å². The van der Waals surface area contributed by atoms with E-state index in [0.29, 0.717) is 21.3 Å². The average molecular weight is 551 g/mol. The van der Waals surface area contributed by atoms with Crippen molar-refractivity contribution < 1.29 is 66.9 Å². The van der Waals surface area contributed by atoms with Gasteiger partial charge in [-0.25, -0.2) is 26.3 Å². The highest BCUT2D eigenvalue weighted by molar-refractivity contribution is 5.80. The first-order valence-corrected chi connectivity index (χ1v) is 9.28. The minimum atomic E-state index is -2.72. The fourth-order valence-electron chi connectivity index (χ4n) is 3.26. The molecule has 0 N–H and O–H groups in total. The molecule has 0 fully saturated rings. The van der Waals surface area contributed by atoms with Gasteiger partial charge in [0.1, 0.15) is 17.1 Å². The lowest BCUT2D eigenvalue weighted by Gasteiger charge is -2.29. The third kappa shape index (κ3) is 3.90. The molecule has 4 nitrogen and oxygen atoms in total. The average Bonchev–Trinajstić information content (AvgIpc) is 2.86. The quantitative estimate of drug-likeness (QED) is 0.248. The molecule has 0 aliphatic carbocycles. The SMILES string of the molecule is COc1c(F)c(F)c(N(c2c(F)c(F)c(OC)c(F)c2F)c2c(F)c(F)c(OC)c(F)c2F)c(F)c1F. The summed E-state index contributed by atoms with van der Waals surface area (Å²) in [4.78, 5) is -1.18. The van der Waals surface area contributed by atoms with Gasteiger partial charge in [-0.3, -0.25) is 4.90 Å².